The second-order valence-electron chi connectivity index (χ2n) is 8.50. The Hall–Kier alpha value is -3.79. The summed E-state index contributed by atoms with van der Waals surface area (Å²) in [5.74, 6) is 2.37. The third kappa shape index (κ3) is 5.23. The number of carbonyl (C=O) groups excluding carboxylic acids is 1. The van der Waals surface area contributed by atoms with Crippen LogP contribution in [0.1, 0.15) is 18.7 Å². The van der Waals surface area contributed by atoms with Crippen LogP contribution in [0.2, 0.25) is 0 Å². The van der Waals surface area contributed by atoms with Crippen molar-refractivity contribution in [1.82, 2.24) is 24.8 Å². The number of anilines is 1. The van der Waals surface area contributed by atoms with E-state index in [1.54, 1.807) is 38.0 Å². The molecule has 4 heterocycles. The number of carbonyl (C=O) groups is 1. The number of rotatable bonds is 7. The molecule has 1 saturated heterocycles. The minimum atomic E-state index is 0.0929. The minimum Gasteiger partial charge on any atom is -0.481 e. The normalized spacial score (nSPS) is 14.1. The summed E-state index contributed by atoms with van der Waals surface area (Å²) in [5.41, 5.74) is 2.05. The fourth-order valence-corrected chi connectivity index (χ4v) is 5.34. The van der Waals surface area contributed by atoms with Crippen LogP contribution in [0.5, 0.6) is 11.8 Å². The Balaban J connectivity index is 1.23. The Labute approximate surface area is 213 Å². The second-order valence-corrected chi connectivity index (χ2v) is 9.41. The molecule has 0 bridgehead atoms. The highest BCUT2D eigenvalue weighted by Crippen LogP contribution is 2.33. The lowest BCUT2D eigenvalue weighted by Gasteiger charge is -2.23. The van der Waals surface area contributed by atoms with E-state index in [-0.39, 0.29) is 5.91 Å². The molecule has 0 radical (unpaired) electrons. The topological polar surface area (TPSA) is 93.6 Å². The molecule has 10 heteroatoms. The summed E-state index contributed by atoms with van der Waals surface area (Å²) in [6, 6.07) is 12.0. The molecule has 3 aromatic heterocycles. The number of hydrogen-bond donors (Lipinski definition) is 0. The van der Waals surface area contributed by atoms with E-state index < -0.39 is 0 Å². The maximum absolute atomic E-state index is 13.0. The van der Waals surface area contributed by atoms with E-state index in [1.165, 1.54) is 10.1 Å². The van der Waals surface area contributed by atoms with Crippen LogP contribution in [-0.2, 0) is 11.2 Å². The quantitative estimate of drug-likeness (QED) is 0.375. The van der Waals surface area contributed by atoms with E-state index >= 15 is 0 Å². The zero-order chi connectivity index (χ0) is 24.9. The van der Waals surface area contributed by atoms with E-state index in [9.17, 15) is 4.79 Å². The van der Waals surface area contributed by atoms with Gasteiger partial charge in [0.1, 0.15) is 18.0 Å². The third-order valence-electron chi connectivity index (χ3n) is 6.29. The summed E-state index contributed by atoms with van der Waals surface area (Å²) < 4.78 is 11.6. The molecular formula is C26H28N6O3S. The average Bonchev–Trinajstić information content (AvgIpc) is 3.20. The molecule has 5 rings (SSSR count). The maximum Gasteiger partial charge on any atom is 0.223 e. The van der Waals surface area contributed by atoms with Crippen LogP contribution in [0.15, 0.2) is 48.1 Å². The van der Waals surface area contributed by atoms with Crippen LogP contribution in [0.3, 0.4) is 0 Å². The molecule has 1 aliphatic heterocycles. The van der Waals surface area contributed by atoms with Gasteiger partial charge in [-0.3, -0.25) is 4.79 Å². The molecule has 0 atom stereocenters. The molecule has 0 N–H and O–H groups in total. The molecule has 186 valence electrons. The molecule has 1 amide bonds. The number of aryl methyl sites for hydroxylation is 1. The van der Waals surface area contributed by atoms with Gasteiger partial charge in [-0.2, -0.15) is 9.97 Å². The predicted molar refractivity (Wildman–Crippen MR) is 140 cm³/mol. The number of fused-ring (bicyclic) bond motifs is 1. The van der Waals surface area contributed by atoms with Gasteiger partial charge in [0.25, 0.3) is 0 Å². The number of methoxy groups -OCH3 is 2. The SMILES string of the molecule is COc1cc(OC)nc(CCC(=O)N2CCCN(c3cc(-c4csc5ccccc45)ncn3)CC2)n1. The number of hydrogen-bond acceptors (Lipinski definition) is 9. The average molecular weight is 505 g/mol. The molecule has 1 fully saturated rings. The molecule has 0 saturated carbocycles. The summed E-state index contributed by atoms with van der Waals surface area (Å²) >= 11 is 1.72. The smallest absolute Gasteiger partial charge is 0.223 e. The third-order valence-corrected chi connectivity index (χ3v) is 7.25. The highest BCUT2D eigenvalue weighted by Gasteiger charge is 2.21. The van der Waals surface area contributed by atoms with E-state index in [4.69, 9.17) is 9.47 Å². The van der Waals surface area contributed by atoms with Gasteiger partial charge in [-0.25, -0.2) is 9.97 Å². The Morgan fingerprint density at radius 1 is 1.00 bits per heavy atom. The van der Waals surface area contributed by atoms with Gasteiger partial charge in [-0.15, -0.1) is 11.3 Å². The number of aromatic nitrogens is 4. The van der Waals surface area contributed by atoms with Gasteiger partial charge in [0.2, 0.25) is 17.7 Å². The first-order valence-corrected chi connectivity index (χ1v) is 12.8. The first kappa shape index (κ1) is 23.9. The van der Waals surface area contributed by atoms with Crippen molar-refractivity contribution < 1.29 is 14.3 Å². The van der Waals surface area contributed by atoms with Crippen molar-refractivity contribution >= 4 is 33.1 Å². The Bertz CT molecular complexity index is 1340. The van der Waals surface area contributed by atoms with Crippen LogP contribution >= 0.6 is 11.3 Å². The van der Waals surface area contributed by atoms with Crippen molar-refractivity contribution in [2.45, 2.75) is 19.3 Å². The molecule has 0 aliphatic carbocycles. The van der Waals surface area contributed by atoms with Crippen molar-refractivity contribution in [3.05, 3.63) is 53.9 Å². The summed E-state index contributed by atoms with van der Waals surface area (Å²) in [4.78, 5) is 34.9. The van der Waals surface area contributed by atoms with E-state index in [0.717, 1.165) is 36.6 Å². The molecule has 9 nitrogen and oxygen atoms in total. The standard InChI is InChI=1S/C26H28N6O3S/c1-34-24-15-25(35-2)30-22(29-24)8-9-26(33)32-11-5-10-31(12-13-32)23-14-20(27-17-28-23)19-16-36-21-7-4-3-6-18(19)21/h3-4,6-7,14-17H,5,8-13H2,1-2H3. The summed E-state index contributed by atoms with van der Waals surface area (Å²) in [7, 11) is 3.09. The van der Waals surface area contributed by atoms with Crippen molar-refractivity contribution in [3.8, 4) is 23.0 Å². The molecule has 4 aromatic rings. The zero-order valence-corrected chi connectivity index (χ0v) is 21.2. The second kappa shape index (κ2) is 10.9. The largest absolute Gasteiger partial charge is 0.481 e. The van der Waals surface area contributed by atoms with E-state index in [1.807, 2.05) is 4.90 Å². The van der Waals surface area contributed by atoms with Gasteiger partial charge in [0, 0.05) is 66.1 Å². The minimum absolute atomic E-state index is 0.0929. The van der Waals surface area contributed by atoms with Crippen molar-refractivity contribution in [2.75, 3.05) is 45.3 Å². The number of benzene rings is 1. The number of ether oxygens (including phenoxy) is 2. The predicted octanol–water partition coefficient (Wildman–Crippen LogP) is 3.84. The van der Waals surface area contributed by atoms with Gasteiger partial charge >= 0.3 is 0 Å². The van der Waals surface area contributed by atoms with E-state index in [2.05, 4.69) is 60.5 Å². The highest BCUT2D eigenvalue weighted by molar-refractivity contribution is 7.17. The molecule has 1 aromatic carbocycles. The highest BCUT2D eigenvalue weighted by atomic mass is 32.1. The Kier molecular flexibility index (Phi) is 7.22. The lowest BCUT2D eigenvalue weighted by molar-refractivity contribution is -0.130. The number of thiophene rings is 1. The molecule has 0 unspecified atom stereocenters. The number of nitrogens with zero attached hydrogens (tertiary/aromatic N) is 6. The lowest BCUT2D eigenvalue weighted by Crippen LogP contribution is -2.35. The zero-order valence-electron chi connectivity index (χ0n) is 20.4. The Morgan fingerprint density at radius 3 is 2.61 bits per heavy atom. The van der Waals surface area contributed by atoms with Crippen LogP contribution in [0.25, 0.3) is 21.3 Å². The lowest BCUT2D eigenvalue weighted by atomic mass is 10.1. The van der Waals surface area contributed by atoms with Crippen molar-refractivity contribution in [1.29, 1.82) is 0 Å². The summed E-state index contributed by atoms with van der Waals surface area (Å²) in [5, 5.41) is 3.36. The van der Waals surface area contributed by atoms with Crippen LogP contribution in [-0.4, -0.2) is 71.1 Å². The van der Waals surface area contributed by atoms with Gasteiger partial charge < -0.3 is 19.3 Å². The molecule has 36 heavy (non-hydrogen) atoms. The van der Waals surface area contributed by atoms with Crippen LogP contribution < -0.4 is 14.4 Å². The van der Waals surface area contributed by atoms with Gasteiger partial charge in [0.15, 0.2) is 0 Å². The fourth-order valence-electron chi connectivity index (χ4n) is 4.39. The van der Waals surface area contributed by atoms with Crippen LogP contribution in [0.4, 0.5) is 5.82 Å². The summed E-state index contributed by atoms with van der Waals surface area (Å²) in [6.07, 6.45) is 3.26. The Morgan fingerprint density at radius 2 is 1.81 bits per heavy atom. The van der Waals surface area contributed by atoms with E-state index in [0.29, 0.717) is 43.5 Å². The van der Waals surface area contributed by atoms with Gasteiger partial charge in [-0.1, -0.05) is 18.2 Å². The maximum atomic E-state index is 13.0. The molecule has 0 spiro atoms. The first-order chi connectivity index (χ1) is 17.6. The summed E-state index contributed by atoms with van der Waals surface area (Å²) in [6.45, 7) is 2.91. The van der Waals surface area contributed by atoms with Crippen molar-refractivity contribution in [2.24, 2.45) is 0 Å². The fraction of sp³-hybridized carbons (Fsp3) is 0.346. The van der Waals surface area contributed by atoms with Gasteiger partial charge in [-0.05, 0) is 12.5 Å². The van der Waals surface area contributed by atoms with Gasteiger partial charge in [0.05, 0.1) is 26.0 Å². The molecular weight excluding hydrogens is 476 g/mol. The van der Waals surface area contributed by atoms with Crippen molar-refractivity contribution in [3.63, 3.8) is 0 Å². The van der Waals surface area contributed by atoms with Crippen LogP contribution in [0, 0.1) is 0 Å². The monoisotopic (exact) mass is 504 g/mol. The first-order valence-electron chi connectivity index (χ1n) is 11.9. The number of amides is 1. The molecule has 1 aliphatic rings.